The Kier molecular flexibility index (Phi) is 9.46. The summed E-state index contributed by atoms with van der Waals surface area (Å²) in [4.78, 5) is 34.4. The Morgan fingerprint density at radius 3 is 1.55 bits per heavy atom. The van der Waals surface area contributed by atoms with Crippen LogP contribution in [0, 0.1) is 5.92 Å². The van der Waals surface area contributed by atoms with E-state index in [9.17, 15) is 53.9 Å². The first-order chi connectivity index (χ1) is 12.9. The molecule has 1 atom stereocenters. The zero-order valence-corrected chi connectivity index (χ0v) is 14.2. The van der Waals surface area contributed by atoms with Crippen molar-refractivity contribution in [3.8, 4) is 0 Å². The van der Waals surface area contributed by atoms with Crippen LogP contribution in [0.15, 0.2) is 12.2 Å². The van der Waals surface area contributed by atoms with Gasteiger partial charge >= 0.3 is 36.4 Å². The van der Waals surface area contributed by atoms with Gasteiger partial charge in [-0.25, -0.2) is 4.79 Å². The van der Waals surface area contributed by atoms with Gasteiger partial charge in [0.1, 0.15) is 0 Å². The van der Waals surface area contributed by atoms with Crippen LogP contribution in [0.1, 0.15) is 12.8 Å². The molecule has 29 heavy (non-hydrogen) atoms. The molecule has 0 saturated carbocycles. The average molecular weight is 448 g/mol. The molecule has 1 unspecified atom stereocenters. The highest BCUT2D eigenvalue weighted by atomic mass is 19.4. The quantitative estimate of drug-likeness (QED) is 0.233. The van der Waals surface area contributed by atoms with Gasteiger partial charge in [0.05, 0.1) is 12.3 Å². The third-order valence-electron chi connectivity index (χ3n) is 2.67. The van der Waals surface area contributed by atoms with Gasteiger partial charge in [0.15, 0.2) is 19.8 Å². The van der Waals surface area contributed by atoms with Crippen LogP contribution in [0.4, 0.5) is 39.5 Å². The van der Waals surface area contributed by atoms with E-state index in [1.54, 1.807) is 0 Å². The molecule has 0 aliphatic heterocycles. The minimum atomic E-state index is -4.99. The zero-order chi connectivity index (χ0) is 23.0. The fraction of sp³-hybridized carbons (Fsp3) is 0.643. The van der Waals surface area contributed by atoms with Crippen molar-refractivity contribution < 1.29 is 68.1 Å². The number of hydrogen-bond donors (Lipinski definition) is 0. The third-order valence-corrected chi connectivity index (χ3v) is 2.67. The van der Waals surface area contributed by atoms with E-state index in [0.717, 1.165) is 0 Å². The maximum atomic E-state index is 12.1. The summed E-state index contributed by atoms with van der Waals surface area (Å²) in [5.74, 6) is -7.15. The first-order valence-corrected chi connectivity index (χ1v) is 7.27. The van der Waals surface area contributed by atoms with Crippen molar-refractivity contribution in [1.29, 1.82) is 0 Å². The Hall–Kier alpha value is -2.48. The van der Waals surface area contributed by atoms with Gasteiger partial charge in [0, 0.05) is 5.57 Å². The van der Waals surface area contributed by atoms with Crippen LogP contribution < -0.4 is 0 Å². The lowest BCUT2D eigenvalue weighted by Gasteiger charge is -2.17. The van der Waals surface area contributed by atoms with Crippen LogP contribution in [0.5, 0.6) is 0 Å². The predicted molar refractivity (Wildman–Crippen MR) is 72.9 cm³/mol. The number of halogens is 9. The minimum Gasteiger partial charge on any atom is -0.456 e. The molecular weight excluding hydrogens is 435 g/mol. The Morgan fingerprint density at radius 2 is 1.10 bits per heavy atom. The molecular formula is C14H13F9O6. The molecule has 0 aromatic rings. The molecule has 0 saturated heterocycles. The molecule has 6 nitrogen and oxygen atoms in total. The van der Waals surface area contributed by atoms with E-state index in [2.05, 4.69) is 20.8 Å². The number of carbonyl (C=O) groups excluding carboxylic acids is 3. The molecule has 0 radical (unpaired) electrons. The number of rotatable bonds is 9. The largest absolute Gasteiger partial charge is 0.456 e. The Bertz CT molecular complexity index is 606. The van der Waals surface area contributed by atoms with Crippen LogP contribution in [-0.2, 0) is 28.6 Å². The number of alkyl halides is 9. The van der Waals surface area contributed by atoms with Gasteiger partial charge in [-0.15, -0.1) is 0 Å². The van der Waals surface area contributed by atoms with Crippen molar-refractivity contribution in [2.24, 2.45) is 5.92 Å². The molecule has 0 aromatic heterocycles. The Labute approximate surface area is 156 Å². The molecule has 0 amide bonds. The first-order valence-electron chi connectivity index (χ1n) is 7.27. The molecule has 168 valence electrons. The van der Waals surface area contributed by atoms with E-state index in [4.69, 9.17) is 0 Å². The third kappa shape index (κ3) is 14.2. The molecule has 0 bridgehead atoms. The predicted octanol–water partition coefficient (Wildman–Crippen LogP) is 3.26. The summed E-state index contributed by atoms with van der Waals surface area (Å²) in [6, 6.07) is 0. The molecule has 0 heterocycles. The van der Waals surface area contributed by atoms with Crippen molar-refractivity contribution >= 4 is 17.9 Å². The maximum absolute atomic E-state index is 12.1. The van der Waals surface area contributed by atoms with Crippen LogP contribution in [-0.4, -0.2) is 56.3 Å². The van der Waals surface area contributed by atoms with Crippen molar-refractivity contribution in [2.45, 2.75) is 31.4 Å². The second-order valence-corrected chi connectivity index (χ2v) is 5.40. The van der Waals surface area contributed by atoms with Crippen molar-refractivity contribution in [3.05, 3.63) is 12.2 Å². The SMILES string of the molecule is C=C(CC(CC(=O)OCC(F)(F)F)C(=O)OCC(F)(F)F)C(=O)OCC(F)(F)F. The van der Waals surface area contributed by atoms with E-state index >= 15 is 0 Å². The van der Waals surface area contributed by atoms with E-state index < -0.39 is 80.6 Å². The molecule has 0 fully saturated rings. The number of hydrogen-bond acceptors (Lipinski definition) is 6. The van der Waals surface area contributed by atoms with Crippen LogP contribution in [0.2, 0.25) is 0 Å². The normalized spacial score (nSPS) is 13.4. The van der Waals surface area contributed by atoms with Crippen molar-refractivity contribution in [3.63, 3.8) is 0 Å². The summed E-state index contributed by atoms with van der Waals surface area (Å²) in [5.41, 5.74) is -0.869. The molecule has 0 N–H and O–H groups in total. The van der Waals surface area contributed by atoms with Gasteiger partial charge < -0.3 is 14.2 Å². The molecule has 0 aliphatic rings. The van der Waals surface area contributed by atoms with Gasteiger partial charge in [-0.2, -0.15) is 39.5 Å². The standard InChI is InChI=1S/C14H13F9O6/c1-7(10(25)28-5-13(18,19)20)2-8(11(26)29-6-14(21,22)23)3-9(24)27-4-12(15,16)17/h8H,1-6H2. The second kappa shape index (κ2) is 10.3. The van der Waals surface area contributed by atoms with Crippen molar-refractivity contribution in [1.82, 2.24) is 0 Å². The summed E-state index contributed by atoms with van der Waals surface area (Å²) in [6.07, 6.45) is -17.1. The number of ether oxygens (including phenoxy) is 3. The minimum absolute atomic E-state index is 0.869. The summed E-state index contributed by atoms with van der Waals surface area (Å²) in [6.45, 7) is -3.25. The van der Waals surface area contributed by atoms with Gasteiger partial charge in [-0.05, 0) is 6.42 Å². The number of esters is 3. The molecule has 15 heteroatoms. The highest BCUT2D eigenvalue weighted by Crippen LogP contribution is 2.23. The van der Waals surface area contributed by atoms with E-state index in [-0.39, 0.29) is 0 Å². The summed E-state index contributed by atoms with van der Waals surface area (Å²) >= 11 is 0. The molecule has 0 rings (SSSR count). The zero-order valence-electron chi connectivity index (χ0n) is 14.2. The van der Waals surface area contributed by atoms with E-state index in [0.29, 0.717) is 0 Å². The Morgan fingerprint density at radius 1 is 0.690 bits per heavy atom. The maximum Gasteiger partial charge on any atom is 0.422 e. The first kappa shape index (κ1) is 26.5. The average Bonchev–Trinajstić information content (AvgIpc) is 2.52. The fourth-order valence-corrected chi connectivity index (χ4v) is 1.56. The molecule has 0 aliphatic carbocycles. The summed E-state index contributed by atoms with van der Waals surface area (Å²) in [7, 11) is 0. The van der Waals surface area contributed by atoms with Crippen LogP contribution in [0.3, 0.4) is 0 Å². The van der Waals surface area contributed by atoms with Crippen LogP contribution >= 0.6 is 0 Å². The van der Waals surface area contributed by atoms with Gasteiger partial charge in [0.2, 0.25) is 0 Å². The van der Waals surface area contributed by atoms with E-state index in [1.807, 2.05) is 0 Å². The molecule has 0 aromatic carbocycles. The lowest BCUT2D eigenvalue weighted by molar-refractivity contribution is -0.193. The second-order valence-electron chi connectivity index (χ2n) is 5.40. The highest BCUT2D eigenvalue weighted by molar-refractivity contribution is 5.89. The van der Waals surface area contributed by atoms with Gasteiger partial charge in [-0.1, -0.05) is 6.58 Å². The van der Waals surface area contributed by atoms with Gasteiger partial charge in [0.25, 0.3) is 0 Å². The van der Waals surface area contributed by atoms with E-state index in [1.165, 1.54) is 0 Å². The van der Waals surface area contributed by atoms with Crippen molar-refractivity contribution in [2.75, 3.05) is 19.8 Å². The Balaban J connectivity index is 5.06. The fourth-order valence-electron chi connectivity index (χ4n) is 1.56. The lowest BCUT2D eigenvalue weighted by Crippen LogP contribution is -2.29. The monoisotopic (exact) mass is 448 g/mol. The summed E-state index contributed by atoms with van der Waals surface area (Å²) < 4.78 is 120. The highest BCUT2D eigenvalue weighted by Gasteiger charge is 2.35. The molecule has 0 spiro atoms. The van der Waals surface area contributed by atoms with Gasteiger partial charge in [-0.3, -0.25) is 9.59 Å². The van der Waals surface area contributed by atoms with Crippen LogP contribution in [0.25, 0.3) is 0 Å². The summed E-state index contributed by atoms with van der Waals surface area (Å²) in [5, 5.41) is 0. The lowest BCUT2D eigenvalue weighted by atomic mass is 9.97. The smallest absolute Gasteiger partial charge is 0.422 e. The number of carbonyl (C=O) groups is 3. The topological polar surface area (TPSA) is 78.9 Å².